The van der Waals surface area contributed by atoms with Gasteiger partial charge in [0.05, 0.1) is 16.3 Å². The molecule has 1 aromatic heterocycles. The molecule has 0 aliphatic rings. The van der Waals surface area contributed by atoms with Crippen molar-refractivity contribution < 1.29 is 4.74 Å². The van der Waals surface area contributed by atoms with Crippen LogP contribution >= 0.6 is 27.3 Å². The Kier molecular flexibility index (Phi) is 2.79. The van der Waals surface area contributed by atoms with Crippen molar-refractivity contribution in [2.75, 3.05) is 7.11 Å². The smallest absolute Gasteiger partial charge is 0.150 e. The number of benzene rings is 1. The predicted molar refractivity (Wildman–Crippen MR) is 65.5 cm³/mol. The Hall–Kier alpha value is -0.540. The van der Waals surface area contributed by atoms with Gasteiger partial charge in [0, 0.05) is 4.88 Å². The van der Waals surface area contributed by atoms with Crippen molar-refractivity contribution in [2.24, 2.45) is 0 Å². The molecule has 1 aromatic carbocycles. The molecule has 0 aliphatic heterocycles. The largest absolute Gasteiger partial charge is 0.494 e. The van der Waals surface area contributed by atoms with Crippen molar-refractivity contribution in [1.29, 1.82) is 0 Å². The Bertz CT molecular complexity index is 462. The summed E-state index contributed by atoms with van der Waals surface area (Å²) in [5.74, 6) is 0.951. The van der Waals surface area contributed by atoms with E-state index in [1.807, 2.05) is 17.4 Å². The summed E-state index contributed by atoms with van der Waals surface area (Å²) in [6, 6.07) is 6.39. The van der Waals surface area contributed by atoms with Crippen molar-refractivity contribution in [2.45, 2.75) is 13.3 Å². The maximum absolute atomic E-state index is 5.38. The fourth-order valence-electron chi connectivity index (χ4n) is 1.47. The van der Waals surface area contributed by atoms with Gasteiger partial charge in [-0.1, -0.05) is 13.0 Å². The fraction of sp³-hybridized carbons (Fsp3) is 0.273. The van der Waals surface area contributed by atoms with Gasteiger partial charge in [-0.2, -0.15) is 0 Å². The van der Waals surface area contributed by atoms with Crippen molar-refractivity contribution in [3.63, 3.8) is 0 Å². The molecule has 0 N–H and O–H groups in total. The summed E-state index contributed by atoms with van der Waals surface area (Å²) in [5.41, 5.74) is 0. The van der Waals surface area contributed by atoms with Gasteiger partial charge in [-0.25, -0.2) is 0 Å². The Balaban J connectivity index is 2.73. The van der Waals surface area contributed by atoms with Crippen LogP contribution in [0.15, 0.2) is 22.7 Å². The lowest BCUT2D eigenvalue weighted by atomic mass is 10.2. The zero-order valence-electron chi connectivity index (χ0n) is 8.13. The second-order valence-electron chi connectivity index (χ2n) is 3.07. The minimum Gasteiger partial charge on any atom is -0.494 e. The third-order valence-corrected chi connectivity index (χ3v) is 4.12. The van der Waals surface area contributed by atoms with Crippen LogP contribution in [0.5, 0.6) is 5.75 Å². The molecule has 1 nitrogen and oxygen atoms in total. The number of hydrogen-bond acceptors (Lipinski definition) is 2. The van der Waals surface area contributed by atoms with E-state index >= 15 is 0 Å². The highest BCUT2D eigenvalue weighted by molar-refractivity contribution is 9.10. The Morgan fingerprint density at radius 2 is 2.21 bits per heavy atom. The van der Waals surface area contributed by atoms with Gasteiger partial charge in [0.25, 0.3) is 0 Å². The minimum absolute atomic E-state index is 0.951. The van der Waals surface area contributed by atoms with Gasteiger partial charge in [0.15, 0.2) is 5.75 Å². The summed E-state index contributed by atoms with van der Waals surface area (Å²) in [6.45, 7) is 2.17. The molecular weight excluding hydrogens is 260 g/mol. The molecule has 0 radical (unpaired) electrons. The molecule has 0 spiro atoms. The lowest BCUT2D eigenvalue weighted by molar-refractivity contribution is 0.418. The first-order valence-electron chi connectivity index (χ1n) is 4.51. The zero-order valence-corrected chi connectivity index (χ0v) is 10.5. The summed E-state index contributed by atoms with van der Waals surface area (Å²) >= 11 is 5.30. The number of thiophene rings is 1. The molecule has 0 saturated carbocycles. The minimum atomic E-state index is 0.951. The molecular formula is C11H11BrOS. The zero-order chi connectivity index (χ0) is 10.1. The van der Waals surface area contributed by atoms with Crippen LogP contribution in [0.2, 0.25) is 0 Å². The standard InChI is InChI=1S/C11H11BrOS/c1-3-8-6-7-4-5-9(12)10(13-2)11(7)14-8/h4-6H,3H2,1-2H3. The van der Waals surface area contributed by atoms with Crippen LogP contribution in [0.1, 0.15) is 11.8 Å². The van der Waals surface area contributed by atoms with E-state index in [0.717, 1.165) is 16.6 Å². The topological polar surface area (TPSA) is 9.23 Å². The molecule has 1 heterocycles. The van der Waals surface area contributed by atoms with E-state index in [0.29, 0.717) is 0 Å². The number of hydrogen-bond donors (Lipinski definition) is 0. The first-order valence-corrected chi connectivity index (χ1v) is 6.12. The van der Waals surface area contributed by atoms with Crippen LogP contribution in [0.3, 0.4) is 0 Å². The van der Waals surface area contributed by atoms with Crippen molar-refractivity contribution in [3.05, 3.63) is 27.5 Å². The van der Waals surface area contributed by atoms with E-state index < -0.39 is 0 Å². The van der Waals surface area contributed by atoms with Crippen LogP contribution < -0.4 is 4.74 Å². The maximum Gasteiger partial charge on any atom is 0.150 e. The van der Waals surface area contributed by atoms with Gasteiger partial charge in [-0.05, 0) is 39.9 Å². The Morgan fingerprint density at radius 3 is 2.86 bits per heavy atom. The molecule has 2 aromatic rings. The highest BCUT2D eigenvalue weighted by Gasteiger charge is 2.09. The quantitative estimate of drug-likeness (QED) is 0.794. The second-order valence-corrected chi connectivity index (χ2v) is 5.06. The number of methoxy groups -OCH3 is 1. The molecule has 0 amide bonds. The lowest BCUT2D eigenvalue weighted by Gasteiger charge is -2.03. The summed E-state index contributed by atoms with van der Waals surface area (Å²) < 4.78 is 7.64. The van der Waals surface area contributed by atoms with Crippen LogP contribution in [0.25, 0.3) is 10.1 Å². The third-order valence-electron chi connectivity index (χ3n) is 2.20. The first-order chi connectivity index (χ1) is 6.76. The molecule has 0 saturated heterocycles. The molecule has 0 aliphatic carbocycles. The van der Waals surface area contributed by atoms with E-state index in [1.54, 1.807) is 7.11 Å². The average molecular weight is 271 g/mol. The fourth-order valence-corrected chi connectivity index (χ4v) is 3.22. The summed E-state index contributed by atoms with van der Waals surface area (Å²) in [4.78, 5) is 1.40. The van der Waals surface area contributed by atoms with Crippen molar-refractivity contribution in [1.82, 2.24) is 0 Å². The Morgan fingerprint density at radius 1 is 1.43 bits per heavy atom. The van der Waals surface area contributed by atoms with Crippen molar-refractivity contribution in [3.8, 4) is 5.75 Å². The molecule has 0 atom stereocenters. The first kappa shape index (κ1) is 9.99. The molecule has 0 bridgehead atoms. The number of ether oxygens (including phenoxy) is 1. The Labute approximate surface area is 95.8 Å². The third kappa shape index (κ3) is 1.55. The molecule has 14 heavy (non-hydrogen) atoms. The lowest BCUT2D eigenvalue weighted by Crippen LogP contribution is -1.83. The number of halogens is 1. The van der Waals surface area contributed by atoms with Crippen molar-refractivity contribution >= 4 is 37.4 Å². The number of aryl methyl sites for hydroxylation is 1. The van der Waals surface area contributed by atoms with E-state index in [1.165, 1.54) is 15.0 Å². The van der Waals surface area contributed by atoms with Gasteiger partial charge >= 0.3 is 0 Å². The highest BCUT2D eigenvalue weighted by Crippen LogP contribution is 2.38. The molecule has 74 valence electrons. The van der Waals surface area contributed by atoms with E-state index in [9.17, 15) is 0 Å². The second kappa shape index (κ2) is 3.91. The number of rotatable bonds is 2. The summed E-state index contributed by atoms with van der Waals surface area (Å²) in [5, 5.41) is 1.27. The molecule has 0 fully saturated rings. The monoisotopic (exact) mass is 270 g/mol. The molecule has 2 rings (SSSR count). The van der Waals surface area contributed by atoms with Crippen LogP contribution in [0, 0.1) is 0 Å². The highest BCUT2D eigenvalue weighted by atomic mass is 79.9. The van der Waals surface area contributed by atoms with E-state index in [-0.39, 0.29) is 0 Å². The van der Waals surface area contributed by atoms with Gasteiger partial charge in [0.1, 0.15) is 0 Å². The van der Waals surface area contributed by atoms with Gasteiger partial charge < -0.3 is 4.74 Å². The molecule has 3 heteroatoms. The normalized spacial score (nSPS) is 10.8. The van der Waals surface area contributed by atoms with Crippen LogP contribution in [-0.2, 0) is 6.42 Å². The summed E-state index contributed by atoms with van der Waals surface area (Å²) in [6.07, 6.45) is 1.08. The molecule has 0 unspecified atom stereocenters. The number of fused-ring (bicyclic) bond motifs is 1. The van der Waals surface area contributed by atoms with E-state index in [2.05, 4.69) is 35.0 Å². The van der Waals surface area contributed by atoms with E-state index in [4.69, 9.17) is 4.74 Å². The SMILES string of the molecule is CCc1cc2ccc(Br)c(OC)c2s1. The predicted octanol–water partition coefficient (Wildman–Crippen LogP) is 4.23. The summed E-state index contributed by atoms with van der Waals surface area (Å²) in [7, 11) is 1.71. The van der Waals surface area contributed by atoms with Gasteiger partial charge in [0.2, 0.25) is 0 Å². The average Bonchev–Trinajstić information content (AvgIpc) is 2.60. The van der Waals surface area contributed by atoms with Gasteiger partial charge in [-0.15, -0.1) is 11.3 Å². The van der Waals surface area contributed by atoms with Crippen LogP contribution in [0.4, 0.5) is 0 Å². The van der Waals surface area contributed by atoms with Gasteiger partial charge in [-0.3, -0.25) is 0 Å². The van der Waals surface area contributed by atoms with Crippen LogP contribution in [-0.4, -0.2) is 7.11 Å². The maximum atomic E-state index is 5.38.